The second-order valence-electron chi connectivity index (χ2n) is 3.98. The Hall–Kier alpha value is -1.10. The van der Waals surface area contributed by atoms with Gasteiger partial charge in [-0.25, -0.2) is 9.18 Å². The molecule has 3 N–H and O–H groups in total. The standard InChI is InChI=1S/C8H14FN3O/c1-8(2,3)12-4-5(9)6(10)11-7(12)13/h4,6H,10H2,1-3H3,(H,11,13). The van der Waals surface area contributed by atoms with E-state index < -0.39 is 17.5 Å². The molecule has 0 spiro atoms. The van der Waals surface area contributed by atoms with Gasteiger partial charge < -0.3 is 11.1 Å². The van der Waals surface area contributed by atoms with Crippen molar-refractivity contribution in [3.8, 4) is 0 Å². The summed E-state index contributed by atoms with van der Waals surface area (Å²) in [5.74, 6) is -0.533. The highest BCUT2D eigenvalue weighted by atomic mass is 19.1. The summed E-state index contributed by atoms with van der Waals surface area (Å²) in [4.78, 5) is 12.6. The topological polar surface area (TPSA) is 58.4 Å². The average molecular weight is 187 g/mol. The lowest BCUT2D eigenvalue weighted by Gasteiger charge is -2.36. The van der Waals surface area contributed by atoms with Crippen LogP contribution in [0.15, 0.2) is 12.0 Å². The van der Waals surface area contributed by atoms with E-state index in [9.17, 15) is 9.18 Å². The van der Waals surface area contributed by atoms with Crippen molar-refractivity contribution in [1.29, 1.82) is 0 Å². The smallest absolute Gasteiger partial charge is 0.316 e. The van der Waals surface area contributed by atoms with Gasteiger partial charge in [-0.2, -0.15) is 0 Å². The third-order valence-corrected chi connectivity index (χ3v) is 1.77. The Labute approximate surface area is 76.6 Å². The molecule has 1 heterocycles. The van der Waals surface area contributed by atoms with E-state index in [1.807, 2.05) is 20.8 Å². The third-order valence-electron chi connectivity index (χ3n) is 1.77. The highest BCUT2D eigenvalue weighted by molar-refractivity contribution is 5.78. The number of rotatable bonds is 0. The second-order valence-corrected chi connectivity index (χ2v) is 3.98. The fourth-order valence-corrected chi connectivity index (χ4v) is 1.03. The summed E-state index contributed by atoms with van der Waals surface area (Å²) >= 11 is 0. The summed E-state index contributed by atoms with van der Waals surface area (Å²) in [6, 6.07) is -0.374. The maximum Gasteiger partial charge on any atom is 0.323 e. The Kier molecular flexibility index (Phi) is 2.30. The fourth-order valence-electron chi connectivity index (χ4n) is 1.03. The summed E-state index contributed by atoms with van der Waals surface area (Å²) in [6.07, 6.45) is 0.134. The summed E-state index contributed by atoms with van der Waals surface area (Å²) in [6.45, 7) is 5.44. The maximum atomic E-state index is 13.0. The minimum atomic E-state index is -1.01. The third kappa shape index (κ3) is 1.98. The number of nitrogens with zero attached hydrogens (tertiary/aromatic N) is 1. The van der Waals surface area contributed by atoms with Gasteiger partial charge in [-0.1, -0.05) is 0 Å². The molecule has 0 aromatic rings. The summed E-state index contributed by atoms with van der Waals surface area (Å²) in [5, 5.41) is 2.31. The minimum Gasteiger partial charge on any atom is -0.316 e. The van der Waals surface area contributed by atoms with Crippen LogP contribution in [0.5, 0.6) is 0 Å². The molecule has 1 unspecified atom stereocenters. The molecule has 0 bridgehead atoms. The number of nitrogens with one attached hydrogen (secondary N) is 1. The minimum absolute atomic E-state index is 0.374. The fraction of sp³-hybridized carbons (Fsp3) is 0.625. The Morgan fingerprint density at radius 2 is 2.15 bits per heavy atom. The Morgan fingerprint density at radius 3 is 2.62 bits per heavy atom. The first kappa shape index (κ1) is 9.98. The van der Waals surface area contributed by atoms with E-state index in [2.05, 4.69) is 5.32 Å². The average Bonchev–Trinajstić information content (AvgIpc) is 1.94. The summed E-state index contributed by atoms with van der Waals surface area (Å²) in [7, 11) is 0. The molecule has 2 amide bonds. The van der Waals surface area contributed by atoms with Crippen molar-refractivity contribution >= 4 is 6.03 Å². The number of amides is 2. The molecule has 0 aliphatic carbocycles. The van der Waals surface area contributed by atoms with Crippen LogP contribution in [0.3, 0.4) is 0 Å². The van der Waals surface area contributed by atoms with Gasteiger partial charge in [-0.15, -0.1) is 0 Å². The second kappa shape index (κ2) is 2.99. The van der Waals surface area contributed by atoms with Crippen LogP contribution in [0.25, 0.3) is 0 Å². The first-order chi connectivity index (χ1) is 5.82. The molecule has 74 valence electrons. The molecule has 1 aliphatic rings. The molecule has 0 radical (unpaired) electrons. The largest absolute Gasteiger partial charge is 0.323 e. The number of halogens is 1. The zero-order valence-corrected chi connectivity index (χ0v) is 7.97. The Bertz CT molecular complexity index is 257. The maximum absolute atomic E-state index is 13.0. The van der Waals surface area contributed by atoms with Crippen molar-refractivity contribution in [1.82, 2.24) is 10.2 Å². The SMILES string of the molecule is CC(C)(C)N1C=C(F)C(N)NC1=O. The van der Waals surface area contributed by atoms with E-state index in [4.69, 9.17) is 5.73 Å². The van der Waals surface area contributed by atoms with Crippen LogP contribution in [0.4, 0.5) is 9.18 Å². The molecule has 0 saturated heterocycles. The Balaban J connectivity index is 2.94. The van der Waals surface area contributed by atoms with Gasteiger partial charge in [0, 0.05) is 11.7 Å². The van der Waals surface area contributed by atoms with Gasteiger partial charge >= 0.3 is 6.03 Å². The van der Waals surface area contributed by atoms with Crippen LogP contribution < -0.4 is 11.1 Å². The van der Waals surface area contributed by atoms with Gasteiger partial charge in [0.1, 0.15) is 6.17 Å². The zero-order valence-electron chi connectivity index (χ0n) is 7.97. The molecule has 0 aromatic carbocycles. The molecule has 0 fully saturated rings. The lowest BCUT2D eigenvalue weighted by atomic mass is 10.1. The molecule has 1 rings (SSSR count). The first-order valence-electron chi connectivity index (χ1n) is 4.05. The van der Waals surface area contributed by atoms with Crippen molar-refractivity contribution in [3.05, 3.63) is 12.0 Å². The highest BCUT2D eigenvalue weighted by Crippen LogP contribution is 2.19. The Morgan fingerprint density at radius 1 is 1.62 bits per heavy atom. The van der Waals surface area contributed by atoms with Crippen LogP contribution in [-0.4, -0.2) is 22.6 Å². The van der Waals surface area contributed by atoms with Gasteiger partial charge in [0.15, 0.2) is 5.83 Å². The monoisotopic (exact) mass is 187 g/mol. The number of urea groups is 1. The normalized spacial score (nSPS) is 24.1. The van der Waals surface area contributed by atoms with Gasteiger partial charge in [0.25, 0.3) is 0 Å². The molecule has 1 atom stereocenters. The van der Waals surface area contributed by atoms with E-state index in [0.717, 1.165) is 6.20 Å². The first-order valence-corrected chi connectivity index (χ1v) is 4.05. The van der Waals surface area contributed by atoms with Gasteiger partial charge in [0.05, 0.1) is 0 Å². The van der Waals surface area contributed by atoms with Crippen LogP contribution in [-0.2, 0) is 0 Å². The summed E-state index contributed by atoms with van der Waals surface area (Å²) in [5.41, 5.74) is 4.83. The number of hydrogen-bond donors (Lipinski definition) is 2. The van der Waals surface area contributed by atoms with E-state index >= 15 is 0 Å². The summed E-state index contributed by atoms with van der Waals surface area (Å²) < 4.78 is 13.0. The van der Waals surface area contributed by atoms with Crippen molar-refractivity contribution in [2.24, 2.45) is 5.73 Å². The van der Waals surface area contributed by atoms with Crippen molar-refractivity contribution in [2.75, 3.05) is 0 Å². The molecular formula is C8H14FN3O. The van der Waals surface area contributed by atoms with Crippen molar-refractivity contribution < 1.29 is 9.18 Å². The van der Waals surface area contributed by atoms with Gasteiger partial charge in [-0.3, -0.25) is 4.90 Å². The van der Waals surface area contributed by atoms with Crippen LogP contribution in [0.2, 0.25) is 0 Å². The molecule has 0 saturated carbocycles. The van der Waals surface area contributed by atoms with Crippen LogP contribution in [0, 0.1) is 0 Å². The predicted molar refractivity (Wildman–Crippen MR) is 47.3 cm³/mol. The number of nitrogens with two attached hydrogens (primary N) is 1. The number of hydrogen-bond acceptors (Lipinski definition) is 2. The van der Waals surface area contributed by atoms with E-state index in [-0.39, 0.29) is 6.03 Å². The van der Waals surface area contributed by atoms with E-state index in [1.54, 1.807) is 0 Å². The lowest BCUT2D eigenvalue weighted by molar-refractivity contribution is 0.165. The lowest BCUT2D eigenvalue weighted by Crippen LogP contribution is -2.56. The number of carbonyl (C=O) groups is 1. The molecule has 4 nitrogen and oxygen atoms in total. The zero-order chi connectivity index (χ0) is 10.2. The molecule has 5 heteroatoms. The van der Waals surface area contributed by atoms with E-state index in [0.29, 0.717) is 0 Å². The predicted octanol–water partition coefficient (Wildman–Crippen LogP) is 0.906. The number of carbonyl (C=O) groups excluding carboxylic acids is 1. The molecule has 1 aliphatic heterocycles. The quantitative estimate of drug-likeness (QED) is 0.592. The van der Waals surface area contributed by atoms with Gasteiger partial charge in [0.2, 0.25) is 0 Å². The van der Waals surface area contributed by atoms with Crippen molar-refractivity contribution in [2.45, 2.75) is 32.5 Å². The molecule has 13 heavy (non-hydrogen) atoms. The van der Waals surface area contributed by atoms with E-state index in [1.165, 1.54) is 4.90 Å². The van der Waals surface area contributed by atoms with Crippen LogP contribution >= 0.6 is 0 Å². The highest BCUT2D eigenvalue weighted by Gasteiger charge is 2.31. The van der Waals surface area contributed by atoms with Crippen LogP contribution in [0.1, 0.15) is 20.8 Å². The van der Waals surface area contributed by atoms with Crippen molar-refractivity contribution in [3.63, 3.8) is 0 Å². The molecule has 0 aromatic heterocycles. The molecular weight excluding hydrogens is 173 g/mol. The van der Waals surface area contributed by atoms with Gasteiger partial charge in [-0.05, 0) is 20.8 Å².